The summed E-state index contributed by atoms with van der Waals surface area (Å²) in [6.45, 7) is 4.93. The van der Waals surface area contributed by atoms with Crippen molar-refractivity contribution < 1.29 is 5.11 Å². The summed E-state index contributed by atoms with van der Waals surface area (Å²) in [4.78, 5) is 4.92. The Kier molecular flexibility index (Phi) is 5.96. The van der Waals surface area contributed by atoms with Gasteiger partial charge in [-0.2, -0.15) is 0 Å². The van der Waals surface area contributed by atoms with Gasteiger partial charge < -0.3 is 10.0 Å². The third kappa shape index (κ3) is 3.68. The average molecular weight is 399 g/mol. The molecule has 0 bridgehead atoms. The second-order valence-corrected chi connectivity index (χ2v) is 8.41. The predicted octanol–water partition coefficient (Wildman–Crippen LogP) is 3.94. The standard InChI is InChI=1S/C24H30N2O.ClH/c27-23(17-25-12-14-26(15-13-25)20-8-2-1-3-9-20)24-21-10-4-6-18(21)16-19-7-5-11-22(19)24;/h1-3,8-9,16,23,27H,4-7,10-15,17H2;1H. The van der Waals surface area contributed by atoms with Crippen LogP contribution in [0.4, 0.5) is 5.69 Å². The number of aliphatic hydroxyl groups excluding tert-OH is 1. The molecule has 3 aliphatic rings. The minimum atomic E-state index is -0.326. The Labute approximate surface area is 174 Å². The van der Waals surface area contributed by atoms with Gasteiger partial charge in [0.15, 0.2) is 0 Å². The predicted molar refractivity (Wildman–Crippen MR) is 118 cm³/mol. The molecule has 28 heavy (non-hydrogen) atoms. The number of rotatable bonds is 4. The van der Waals surface area contributed by atoms with Crippen LogP contribution in [0.1, 0.15) is 46.8 Å². The van der Waals surface area contributed by atoms with Crippen LogP contribution in [0.25, 0.3) is 0 Å². The first-order valence-corrected chi connectivity index (χ1v) is 10.7. The molecule has 1 atom stereocenters. The van der Waals surface area contributed by atoms with Gasteiger partial charge in [0.1, 0.15) is 0 Å². The number of hydrogen-bond acceptors (Lipinski definition) is 3. The van der Waals surface area contributed by atoms with Crippen LogP contribution in [-0.2, 0) is 25.7 Å². The fraction of sp³-hybridized carbons (Fsp3) is 0.500. The fourth-order valence-corrected chi connectivity index (χ4v) is 5.43. The molecule has 3 nitrogen and oxygen atoms in total. The van der Waals surface area contributed by atoms with Crippen LogP contribution < -0.4 is 4.90 Å². The summed E-state index contributed by atoms with van der Waals surface area (Å²) in [5.74, 6) is 0. The van der Waals surface area contributed by atoms with Crippen molar-refractivity contribution in [3.8, 4) is 0 Å². The van der Waals surface area contributed by atoms with Gasteiger partial charge in [0.05, 0.1) is 6.10 Å². The van der Waals surface area contributed by atoms with Crippen LogP contribution in [-0.4, -0.2) is 42.7 Å². The monoisotopic (exact) mass is 398 g/mol. The Morgan fingerprint density at radius 1 is 0.821 bits per heavy atom. The van der Waals surface area contributed by atoms with Gasteiger partial charge in [0, 0.05) is 38.4 Å². The molecule has 4 heteroatoms. The quantitative estimate of drug-likeness (QED) is 0.844. The summed E-state index contributed by atoms with van der Waals surface area (Å²) in [6, 6.07) is 13.2. The van der Waals surface area contributed by atoms with Gasteiger partial charge in [-0.15, -0.1) is 12.4 Å². The maximum Gasteiger partial charge on any atom is 0.0922 e. The van der Waals surface area contributed by atoms with E-state index in [1.54, 1.807) is 0 Å². The van der Waals surface area contributed by atoms with Crippen molar-refractivity contribution in [2.75, 3.05) is 37.6 Å². The third-order valence-corrected chi connectivity index (χ3v) is 6.78. The molecule has 0 saturated carbocycles. The van der Waals surface area contributed by atoms with Crippen LogP contribution in [0, 0.1) is 0 Å². The maximum atomic E-state index is 11.2. The van der Waals surface area contributed by atoms with Gasteiger partial charge in [-0.25, -0.2) is 0 Å². The van der Waals surface area contributed by atoms with Crippen molar-refractivity contribution in [3.05, 3.63) is 64.2 Å². The summed E-state index contributed by atoms with van der Waals surface area (Å²) in [7, 11) is 0. The van der Waals surface area contributed by atoms with Crippen LogP contribution in [0.5, 0.6) is 0 Å². The Balaban J connectivity index is 0.00000192. The second-order valence-electron chi connectivity index (χ2n) is 8.41. The van der Waals surface area contributed by atoms with Gasteiger partial charge in [0.25, 0.3) is 0 Å². The van der Waals surface area contributed by atoms with Crippen molar-refractivity contribution in [1.29, 1.82) is 0 Å². The molecule has 0 amide bonds. The molecule has 150 valence electrons. The van der Waals surface area contributed by atoms with Crippen molar-refractivity contribution in [2.24, 2.45) is 0 Å². The van der Waals surface area contributed by atoms with Crippen LogP contribution in [0.2, 0.25) is 0 Å². The minimum absolute atomic E-state index is 0. The van der Waals surface area contributed by atoms with Gasteiger partial charge in [0.2, 0.25) is 0 Å². The number of anilines is 1. The van der Waals surface area contributed by atoms with E-state index < -0.39 is 0 Å². The second kappa shape index (κ2) is 8.44. The molecule has 1 heterocycles. The highest BCUT2D eigenvalue weighted by Gasteiger charge is 2.29. The lowest BCUT2D eigenvalue weighted by Crippen LogP contribution is -2.47. The summed E-state index contributed by atoms with van der Waals surface area (Å²) in [6.07, 6.45) is 6.93. The highest BCUT2D eigenvalue weighted by Crippen LogP contribution is 2.38. The van der Waals surface area contributed by atoms with E-state index in [4.69, 9.17) is 0 Å². The zero-order valence-corrected chi connectivity index (χ0v) is 17.4. The van der Waals surface area contributed by atoms with E-state index in [0.29, 0.717) is 0 Å². The average Bonchev–Trinajstić information content (AvgIpc) is 3.36. The summed E-state index contributed by atoms with van der Waals surface area (Å²) >= 11 is 0. The number of fused-ring (bicyclic) bond motifs is 2. The Morgan fingerprint density at radius 2 is 1.43 bits per heavy atom. The largest absolute Gasteiger partial charge is 0.387 e. The molecule has 0 aromatic heterocycles. The van der Waals surface area contributed by atoms with Gasteiger partial charge in [-0.3, -0.25) is 4.90 Å². The van der Waals surface area contributed by atoms with Crippen LogP contribution in [0.15, 0.2) is 36.4 Å². The van der Waals surface area contributed by atoms with E-state index in [9.17, 15) is 5.11 Å². The Morgan fingerprint density at radius 3 is 2.04 bits per heavy atom. The number of hydrogen-bond donors (Lipinski definition) is 1. The van der Waals surface area contributed by atoms with E-state index in [2.05, 4.69) is 46.2 Å². The van der Waals surface area contributed by atoms with E-state index in [0.717, 1.165) is 45.6 Å². The summed E-state index contributed by atoms with van der Waals surface area (Å²) in [5.41, 5.74) is 8.67. The topological polar surface area (TPSA) is 26.7 Å². The number of benzene rings is 2. The lowest BCUT2D eigenvalue weighted by atomic mass is 9.90. The molecule has 2 aromatic carbocycles. The minimum Gasteiger partial charge on any atom is -0.387 e. The first kappa shape index (κ1) is 19.8. The van der Waals surface area contributed by atoms with Crippen molar-refractivity contribution >= 4 is 18.1 Å². The smallest absolute Gasteiger partial charge is 0.0922 e. The Hall–Kier alpha value is -1.55. The van der Waals surface area contributed by atoms with Crippen molar-refractivity contribution in [2.45, 2.75) is 44.6 Å². The molecule has 1 aliphatic heterocycles. The van der Waals surface area contributed by atoms with Crippen LogP contribution in [0.3, 0.4) is 0 Å². The van der Waals surface area contributed by atoms with E-state index in [1.165, 1.54) is 59.2 Å². The molecule has 1 unspecified atom stereocenters. The highest BCUT2D eigenvalue weighted by atomic mass is 35.5. The maximum absolute atomic E-state index is 11.2. The Bertz CT molecular complexity index is 783. The number of para-hydroxylation sites is 1. The summed E-state index contributed by atoms with van der Waals surface area (Å²) < 4.78 is 0. The SMILES string of the molecule is Cl.OC(CN1CCN(c2ccccc2)CC1)c1c2c(cc3c1CCC3)CCC2. The molecule has 2 aromatic rings. The molecule has 5 rings (SSSR count). The number of aliphatic hydroxyl groups is 1. The lowest BCUT2D eigenvalue weighted by Gasteiger charge is -2.37. The number of aryl methyl sites for hydroxylation is 2. The molecule has 1 N–H and O–H groups in total. The molecule has 0 spiro atoms. The van der Waals surface area contributed by atoms with E-state index in [1.807, 2.05) is 0 Å². The zero-order chi connectivity index (χ0) is 18.2. The number of halogens is 1. The molecular weight excluding hydrogens is 368 g/mol. The van der Waals surface area contributed by atoms with E-state index >= 15 is 0 Å². The normalized spacial score (nSPS) is 19.8. The highest BCUT2D eigenvalue weighted by molar-refractivity contribution is 5.85. The number of piperazine rings is 1. The van der Waals surface area contributed by atoms with Gasteiger partial charge in [-0.1, -0.05) is 24.3 Å². The molecule has 0 radical (unpaired) electrons. The third-order valence-electron chi connectivity index (χ3n) is 6.78. The summed E-state index contributed by atoms with van der Waals surface area (Å²) in [5, 5.41) is 11.2. The van der Waals surface area contributed by atoms with E-state index in [-0.39, 0.29) is 18.5 Å². The lowest BCUT2D eigenvalue weighted by molar-refractivity contribution is 0.108. The molecule has 2 aliphatic carbocycles. The first-order valence-electron chi connectivity index (χ1n) is 10.7. The van der Waals surface area contributed by atoms with Gasteiger partial charge >= 0.3 is 0 Å². The van der Waals surface area contributed by atoms with Gasteiger partial charge in [-0.05, 0) is 78.5 Å². The first-order chi connectivity index (χ1) is 13.3. The van der Waals surface area contributed by atoms with Crippen LogP contribution >= 0.6 is 12.4 Å². The molecule has 1 saturated heterocycles. The number of nitrogens with zero attached hydrogens (tertiary/aromatic N) is 2. The molecular formula is C24H31ClN2O. The van der Waals surface area contributed by atoms with Crippen molar-refractivity contribution in [1.82, 2.24) is 4.90 Å². The zero-order valence-electron chi connectivity index (χ0n) is 16.6. The van der Waals surface area contributed by atoms with Crippen molar-refractivity contribution in [3.63, 3.8) is 0 Å². The molecule has 1 fully saturated rings. The fourth-order valence-electron chi connectivity index (χ4n) is 5.43. The number of β-amino-alcohol motifs (C(OH)–C–C–N with tert-alkyl or cyclic N) is 1.